The third-order valence-electron chi connectivity index (χ3n) is 4.86. The Hall–Kier alpha value is -3.19. The van der Waals surface area contributed by atoms with E-state index in [9.17, 15) is 9.59 Å². The number of para-hydroxylation sites is 1. The third kappa shape index (κ3) is 4.93. The Kier molecular flexibility index (Phi) is 6.79. The van der Waals surface area contributed by atoms with Crippen LogP contribution in [0.3, 0.4) is 0 Å². The molecule has 1 N–H and O–H groups in total. The van der Waals surface area contributed by atoms with Crippen LogP contribution in [0, 0.1) is 0 Å². The molecule has 0 radical (unpaired) electrons. The van der Waals surface area contributed by atoms with Crippen molar-refractivity contribution in [3.8, 4) is 11.5 Å². The van der Waals surface area contributed by atoms with Crippen molar-refractivity contribution >= 4 is 58.4 Å². The van der Waals surface area contributed by atoms with Crippen molar-refractivity contribution in [1.82, 2.24) is 5.43 Å². The Labute approximate surface area is 205 Å². The van der Waals surface area contributed by atoms with Crippen LogP contribution in [0.15, 0.2) is 66.2 Å². The van der Waals surface area contributed by atoms with Gasteiger partial charge in [0.25, 0.3) is 11.8 Å². The highest BCUT2D eigenvalue weighted by Crippen LogP contribution is 2.37. The van der Waals surface area contributed by atoms with Crippen molar-refractivity contribution in [3.05, 3.63) is 92.4 Å². The molecule has 0 aromatic heterocycles. The summed E-state index contributed by atoms with van der Waals surface area (Å²) in [4.78, 5) is 25.6. The summed E-state index contributed by atoms with van der Waals surface area (Å²) in [6, 6.07) is 17.0. The van der Waals surface area contributed by atoms with E-state index in [0.29, 0.717) is 43.4 Å². The first kappa shape index (κ1) is 23.0. The molecule has 0 bridgehead atoms. The summed E-state index contributed by atoms with van der Waals surface area (Å²) in [6.07, 6.45) is 1.42. The lowest BCUT2D eigenvalue weighted by Crippen LogP contribution is -2.35. The van der Waals surface area contributed by atoms with Gasteiger partial charge in [0.05, 0.1) is 12.8 Å². The molecule has 4 rings (SSSR count). The molecule has 3 aromatic carbocycles. The van der Waals surface area contributed by atoms with Gasteiger partial charge in [-0.05, 0) is 36.4 Å². The lowest BCUT2D eigenvalue weighted by Gasteiger charge is -2.15. The van der Waals surface area contributed by atoms with Gasteiger partial charge in [0.1, 0.15) is 12.2 Å². The fourth-order valence-electron chi connectivity index (χ4n) is 3.26. The molecule has 1 saturated heterocycles. The van der Waals surface area contributed by atoms with Gasteiger partial charge in [0, 0.05) is 32.3 Å². The molecular weight excluding hydrogens is 487 g/mol. The topological polar surface area (TPSA) is 67.9 Å². The summed E-state index contributed by atoms with van der Waals surface area (Å²) in [5, 5.41) is 2.48. The summed E-state index contributed by atoms with van der Waals surface area (Å²) in [7, 11) is 1.47. The number of ether oxygens (including phenoxy) is 2. The van der Waals surface area contributed by atoms with Gasteiger partial charge in [0.2, 0.25) is 0 Å². The lowest BCUT2D eigenvalue weighted by atomic mass is 10.1. The number of hydrogen-bond donors (Lipinski definition) is 1. The summed E-state index contributed by atoms with van der Waals surface area (Å²) in [5.74, 6) is -0.407. The summed E-state index contributed by atoms with van der Waals surface area (Å²) < 4.78 is 11.4. The Morgan fingerprint density at radius 1 is 0.970 bits per heavy atom. The van der Waals surface area contributed by atoms with E-state index in [4.69, 9.17) is 44.3 Å². The third-order valence-corrected chi connectivity index (χ3v) is 5.67. The van der Waals surface area contributed by atoms with Crippen LogP contribution < -0.4 is 19.9 Å². The minimum atomic E-state index is -0.547. The fourth-order valence-corrected chi connectivity index (χ4v) is 3.94. The number of carbonyl (C=O) groups is 2. The van der Waals surface area contributed by atoms with Gasteiger partial charge in [-0.3, -0.25) is 15.0 Å². The molecule has 9 heteroatoms. The minimum Gasteiger partial charge on any atom is -0.493 e. The van der Waals surface area contributed by atoms with Crippen LogP contribution in [0.2, 0.25) is 15.1 Å². The molecule has 1 aliphatic heterocycles. The Bertz CT molecular complexity index is 1260. The van der Waals surface area contributed by atoms with E-state index in [-0.39, 0.29) is 12.2 Å². The Balaban J connectivity index is 1.70. The van der Waals surface area contributed by atoms with Crippen molar-refractivity contribution in [3.63, 3.8) is 0 Å². The highest BCUT2D eigenvalue weighted by Gasteiger charge is 2.34. The number of methoxy groups -OCH3 is 1. The molecule has 1 fully saturated rings. The number of hydrogen-bond acceptors (Lipinski definition) is 4. The van der Waals surface area contributed by atoms with E-state index >= 15 is 0 Å². The standard InChI is InChI=1S/C24H17Cl3N2O4/c1-32-21-12-17(26)9-15(22(21)33-13-14-7-8-16(25)11-20(14)27)10-19-23(30)28-29(24(19)31)18-5-3-2-4-6-18/h2-12H,13H2,1H3,(H,28,30)/b19-10+. The second-order valence-electron chi connectivity index (χ2n) is 7.03. The first-order valence-electron chi connectivity index (χ1n) is 9.74. The van der Waals surface area contributed by atoms with Crippen molar-refractivity contribution in [2.45, 2.75) is 6.61 Å². The number of benzene rings is 3. The summed E-state index contributed by atoms with van der Waals surface area (Å²) in [5.41, 5.74) is 4.13. The Morgan fingerprint density at radius 3 is 2.42 bits per heavy atom. The van der Waals surface area contributed by atoms with Crippen molar-refractivity contribution in [2.24, 2.45) is 0 Å². The van der Waals surface area contributed by atoms with E-state index in [1.165, 1.54) is 18.2 Å². The Morgan fingerprint density at radius 2 is 1.73 bits per heavy atom. The van der Waals surface area contributed by atoms with Crippen LogP contribution >= 0.6 is 34.8 Å². The average Bonchev–Trinajstić information content (AvgIpc) is 3.08. The van der Waals surface area contributed by atoms with Gasteiger partial charge < -0.3 is 9.47 Å². The normalized spacial score (nSPS) is 14.5. The van der Waals surface area contributed by atoms with Gasteiger partial charge in [-0.15, -0.1) is 0 Å². The number of anilines is 1. The molecule has 0 saturated carbocycles. The molecule has 2 amide bonds. The number of rotatable bonds is 6. The zero-order valence-electron chi connectivity index (χ0n) is 17.3. The van der Waals surface area contributed by atoms with Crippen LogP contribution in [0.25, 0.3) is 6.08 Å². The first-order chi connectivity index (χ1) is 15.9. The van der Waals surface area contributed by atoms with E-state index in [1.54, 1.807) is 54.6 Å². The van der Waals surface area contributed by atoms with Gasteiger partial charge >= 0.3 is 0 Å². The zero-order chi connectivity index (χ0) is 23.5. The SMILES string of the molecule is COc1cc(Cl)cc(/C=C2\C(=O)NN(c3ccccc3)C2=O)c1OCc1ccc(Cl)cc1Cl. The largest absolute Gasteiger partial charge is 0.493 e. The number of halogens is 3. The van der Waals surface area contributed by atoms with Gasteiger partial charge in [-0.2, -0.15) is 0 Å². The molecular formula is C24H17Cl3N2O4. The first-order valence-corrected chi connectivity index (χ1v) is 10.9. The molecule has 1 aliphatic rings. The highest BCUT2D eigenvalue weighted by atomic mass is 35.5. The van der Waals surface area contributed by atoms with E-state index < -0.39 is 11.8 Å². The molecule has 0 aliphatic carbocycles. The zero-order valence-corrected chi connectivity index (χ0v) is 19.5. The van der Waals surface area contributed by atoms with Crippen molar-refractivity contribution in [2.75, 3.05) is 12.1 Å². The van der Waals surface area contributed by atoms with Crippen LogP contribution in [0.4, 0.5) is 5.69 Å². The maximum absolute atomic E-state index is 13.0. The smallest absolute Gasteiger partial charge is 0.282 e. The number of nitrogens with zero attached hydrogens (tertiary/aromatic N) is 1. The van der Waals surface area contributed by atoms with Gasteiger partial charge in [0.15, 0.2) is 11.5 Å². The summed E-state index contributed by atoms with van der Waals surface area (Å²) >= 11 is 18.5. The van der Waals surface area contributed by atoms with Crippen molar-refractivity contribution < 1.29 is 19.1 Å². The molecule has 1 heterocycles. The summed E-state index contributed by atoms with van der Waals surface area (Å²) in [6.45, 7) is 0.0977. The average molecular weight is 504 g/mol. The van der Waals surface area contributed by atoms with Crippen LogP contribution in [0.5, 0.6) is 11.5 Å². The monoisotopic (exact) mass is 502 g/mol. The van der Waals surface area contributed by atoms with Crippen molar-refractivity contribution in [1.29, 1.82) is 0 Å². The van der Waals surface area contributed by atoms with Gasteiger partial charge in [-0.25, -0.2) is 5.01 Å². The van der Waals surface area contributed by atoms with E-state index in [1.807, 2.05) is 6.07 Å². The molecule has 168 valence electrons. The van der Waals surface area contributed by atoms with Crippen LogP contribution in [0.1, 0.15) is 11.1 Å². The predicted molar refractivity (Wildman–Crippen MR) is 129 cm³/mol. The molecule has 33 heavy (non-hydrogen) atoms. The maximum atomic E-state index is 13.0. The number of carbonyl (C=O) groups excluding carboxylic acids is 2. The molecule has 0 unspecified atom stereocenters. The second kappa shape index (κ2) is 9.75. The number of hydrazine groups is 1. The lowest BCUT2D eigenvalue weighted by molar-refractivity contribution is -0.117. The molecule has 0 atom stereocenters. The van der Waals surface area contributed by atoms with Gasteiger partial charge in [-0.1, -0.05) is 59.1 Å². The number of amides is 2. The fraction of sp³-hybridized carbons (Fsp3) is 0.0833. The van der Waals surface area contributed by atoms with Crippen LogP contribution in [-0.4, -0.2) is 18.9 Å². The highest BCUT2D eigenvalue weighted by molar-refractivity contribution is 6.35. The van der Waals surface area contributed by atoms with E-state index in [0.717, 1.165) is 0 Å². The van der Waals surface area contributed by atoms with E-state index in [2.05, 4.69) is 5.43 Å². The number of nitrogens with one attached hydrogen (secondary N) is 1. The second-order valence-corrected chi connectivity index (χ2v) is 8.31. The molecule has 0 spiro atoms. The minimum absolute atomic E-state index is 0.0717. The quantitative estimate of drug-likeness (QED) is 0.346. The molecule has 6 nitrogen and oxygen atoms in total. The molecule has 3 aromatic rings. The predicted octanol–water partition coefficient (Wildman–Crippen LogP) is 5.70. The maximum Gasteiger partial charge on any atom is 0.282 e. The van der Waals surface area contributed by atoms with Crippen LogP contribution in [-0.2, 0) is 16.2 Å².